The summed E-state index contributed by atoms with van der Waals surface area (Å²) in [6.45, 7) is 0.961. The highest BCUT2D eigenvalue weighted by Crippen LogP contribution is 2.36. The van der Waals surface area contributed by atoms with E-state index in [4.69, 9.17) is 10.8 Å². The summed E-state index contributed by atoms with van der Waals surface area (Å²) in [5.74, 6) is -5.17. The molecule has 1 aliphatic rings. The van der Waals surface area contributed by atoms with E-state index in [9.17, 15) is 23.2 Å². The first-order valence-corrected chi connectivity index (χ1v) is 10.9. The Bertz CT molecular complexity index is 1310. The van der Waals surface area contributed by atoms with Crippen LogP contribution in [0.3, 0.4) is 0 Å². The zero-order chi connectivity index (χ0) is 25.5. The lowest BCUT2D eigenvalue weighted by atomic mass is 9.97. The van der Waals surface area contributed by atoms with E-state index in [1.54, 1.807) is 42.2 Å². The molecule has 0 saturated heterocycles. The van der Waals surface area contributed by atoms with Gasteiger partial charge in [-0.15, -0.1) is 0 Å². The average molecular weight is 482 g/mol. The van der Waals surface area contributed by atoms with Gasteiger partial charge in [0, 0.05) is 49.2 Å². The molecule has 10 heteroatoms. The summed E-state index contributed by atoms with van der Waals surface area (Å²) in [7, 11) is 1.75. The summed E-state index contributed by atoms with van der Waals surface area (Å²) in [6, 6.07) is 10.2. The number of fused-ring (bicyclic) bond motifs is 1. The van der Waals surface area contributed by atoms with Crippen molar-refractivity contribution in [1.29, 1.82) is 0 Å². The number of amides is 2. The predicted octanol–water partition coefficient (Wildman–Crippen LogP) is 3.54. The van der Waals surface area contributed by atoms with Gasteiger partial charge in [-0.2, -0.15) is 5.10 Å². The number of alkyl halides is 2. The molecule has 1 aromatic heterocycles. The molecular formula is C25H24F2N4O4. The zero-order valence-corrected chi connectivity index (χ0v) is 19.2. The van der Waals surface area contributed by atoms with E-state index >= 15 is 0 Å². The monoisotopic (exact) mass is 482 g/mol. The molecule has 182 valence electrons. The largest absolute Gasteiger partial charge is 0.481 e. The highest BCUT2D eigenvalue weighted by Gasteiger charge is 2.36. The number of benzene rings is 2. The van der Waals surface area contributed by atoms with Crippen molar-refractivity contribution in [2.75, 3.05) is 0 Å². The third kappa shape index (κ3) is 4.64. The molecule has 1 aliphatic heterocycles. The van der Waals surface area contributed by atoms with Gasteiger partial charge in [0.25, 0.3) is 11.8 Å². The van der Waals surface area contributed by atoms with E-state index in [0.29, 0.717) is 22.4 Å². The lowest BCUT2D eigenvalue weighted by Gasteiger charge is -2.24. The van der Waals surface area contributed by atoms with Crippen LogP contribution in [-0.2, 0) is 29.1 Å². The van der Waals surface area contributed by atoms with Crippen LogP contribution in [0.15, 0.2) is 48.7 Å². The number of hydrogen-bond acceptors (Lipinski definition) is 4. The standard InChI is InChI=1S/C25H24F2N4O4/c1-25(26,27)17-6-3-14(4-7-17)22-19(12-29-30(22)2)15-5-8-18-16(11-15)13-31(24(18)35)20(23(28)34)9-10-21(32)33/h3-8,11-12,20H,9-10,13H2,1-2H3,(H2,28,34)(H,32,33). The summed E-state index contributed by atoms with van der Waals surface area (Å²) in [6.07, 6.45) is 1.30. The minimum Gasteiger partial charge on any atom is -0.481 e. The first-order chi connectivity index (χ1) is 16.5. The number of aromatic nitrogens is 2. The van der Waals surface area contributed by atoms with Gasteiger partial charge in [-0.3, -0.25) is 19.1 Å². The quantitative estimate of drug-likeness (QED) is 0.509. The Morgan fingerprint density at radius 2 is 1.80 bits per heavy atom. The van der Waals surface area contributed by atoms with Crippen LogP contribution in [0.4, 0.5) is 8.78 Å². The molecule has 0 saturated carbocycles. The maximum atomic E-state index is 13.6. The van der Waals surface area contributed by atoms with Crippen molar-refractivity contribution in [2.45, 2.75) is 38.3 Å². The topological polar surface area (TPSA) is 119 Å². The van der Waals surface area contributed by atoms with Crippen LogP contribution in [0.25, 0.3) is 22.4 Å². The predicted molar refractivity (Wildman–Crippen MR) is 123 cm³/mol. The number of hydrogen-bond donors (Lipinski definition) is 2. The van der Waals surface area contributed by atoms with Gasteiger partial charge in [0.05, 0.1) is 11.9 Å². The second-order valence-electron chi connectivity index (χ2n) is 8.65. The van der Waals surface area contributed by atoms with Gasteiger partial charge >= 0.3 is 5.97 Å². The third-order valence-electron chi connectivity index (χ3n) is 6.19. The Morgan fingerprint density at radius 3 is 2.40 bits per heavy atom. The second kappa shape index (κ2) is 8.94. The van der Waals surface area contributed by atoms with Crippen LogP contribution in [-0.4, -0.2) is 43.6 Å². The molecule has 0 spiro atoms. The van der Waals surface area contributed by atoms with Gasteiger partial charge < -0.3 is 15.7 Å². The van der Waals surface area contributed by atoms with Crippen LogP contribution in [0, 0.1) is 0 Å². The Morgan fingerprint density at radius 1 is 1.14 bits per heavy atom. The number of aryl methyl sites for hydroxylation is 1. The van der Waals surface area contributed by atoms with E-state index in [1.807, 2.05) is 6.07 Å². The van der Waals surface area contributed by atoms with Gasteiger partial charge in [0.1, 0.15) is 6.04 Å². The highest BCUT2D eigenvalue weighted by atomic mass is 19.3. The van der Waals surface area contributed by atoms with E-state index in [-0.39, 0.29) is 30.9 Å². The van der Waals surface area contributed by atoms with Crippen LogP contribution in [0.1, 0.15) is 41.3 Å². The fourth-order valence-corrected chi connectivity index (χ4v) is 4.39. The number of carbonyl (C=O) groups excluding carboxylic acids is 2. The second-order valence-corrected chi connectivity index (χ2v) is 8.65. The Labute approximate surface area is 200 Å². The fourth-order valence-electron chi connectivity index (χ4n) is 4.39. The van der Waals surface area contributed by atoms with E-state index in [2.05, 4.69) is 5.10 Å². The molecule has 1 atom stereocenters. The molecule has 2 amide bonds. The van der Waals surface area contributed by atoms with Crippen LogP contribution >= 0.6 is 0 Å². The van der Waals surface area contributed by atoms with Crippen molar-refractivity contribution in [3.8, 4) is 22.4 Å². The molecule has 2 heterocycles. The number of aliphatic carboxylic acids is 1. The summed E-state index contributed by atoms with van der Waals surface area (Å²) in [4.78, 5) is 37.1. The number of carboxylic acid groups (broad SMARTS) is 1. The molecule has 3 aromatic rings. The van der Waals surface area contributed by atoms with Gasteiger partial charge in [-0.05, 0) is 29.7 Å². The lowest BCUT2D eigenvalue weighted by Crippen LogP contribution is -2.45. The summed E-state index contributed by atoms with van der Waals surface area (Å²) in [5, 5.41) is 13.3. The van der Waals surface area contributed by atoms with Crippen molar-refractivity contribution in [2.24, 2.45) is 12.8 Å². The summed E-state index contributed by atoms with van der Waals surface area (Å²) < 4.78 is 28.9. The SMILES string of the molecule is Cn1ncc(-c2ccc3c(c2)CN(C(CCC(=O)O)C(N)=O)C3=O)c1-c1ccc(C(C)(F)F)cc1. The Hall–Kier alpha value is -4.08. The molecule has 0 fully saturated rings. The molecule has 4 rings (SSSR count). The number of halogens is 2. The van der Waals surface area contributed by atoms with Crippen LogP contribution < -0.4 is 5.73 Å². The van der Waals surface area contributed by atoms with Crippen molar-refractivity contribution < 1.29 is 28.3 Å². The number of rotatable bonds is 8. The Balaban J connectivity index is 1.66. The number of nitrogens with two attached hydrogens (primary N) is 1. The summed E-state index contributed by atoms with van der Waals surface area (Å²) >= 11 is 0. The molecule has 3 N–H and O–H groups in total. The smallest absolute Gasteiger partial charge is 0.303 e. The lowest BCUT2D eigenvalue weighted by molar-refractivity contribution is -0.137. The number of primary amides is 1. The third-order valence-corrected chi connectivity index (χ3v) is 6.19. The normalized spacial score (nSPS) is 14.2. The number of nitrogens with zero attached hydrogens (tertiary/aromatic N) is 3. The Kier molecular flexibility index (Phi) is 6.14. The van der Waals surface area contributed by atoms with Crippen molar-refractivity contribution in [3.63, 3.8) is 0 Å². The molecule has 8 nitrogen and oxygen atoms in total. The maximum Gasteiger partial charge on any atom is 0.303 e. The van der Waals surface area contributed by atoms with Crippen molar-refractivity contribution >= 4 is 17.8 Å². The number of carbonyl (C=O) groups is 3. The van der Waals surface area contributed by atoms with Gasteiger partial charge in [0.2, 0.25) is 5.91 Å². The van der Waals surface area contributed by atoms with Crippen molar-refractivity contribution in [3.05, 3.63) is 65.4 Å². The van der Waals surface area contributed by atoms with Gasteiger partial charge in [-0.1, -0.05) is 30.3 Å². The van der Waals surface area contributed by atoms with Crippen LogP contribution in [0.5, 0.6) is 0 Å². The fraction of sp³-hybridized carbons (Fsp3) is 0.280. The summed E-state index contributed by atoms with van der Waals surface area (Å²) in [5.41, 5.74) is 9.38. The van der Waals surface area contributed by atoms with E-state index in [0.717, 1.165) is 18.1 Å². The first-order valence-electron chi connectivity index (χ1n) is 10.9. The number of carboxylic acids is 1. The molecule has 1 unspecified atom stereocenters. The molecule has 0 radical (unpaired) electrons. The van der Waals surface area contributed by atoms with Gasteiger partial charge in [-0.25, -0.2) is 8.78 Å². The van der Waals surface area contributed by atoms with E-state index in [1.165, 1.54) is 17.0 Å². The molecule has 0 bridgehead atoms. The molecule has 35 heavy (non-hydrogen) atoms. The minimum atomic E-state index is -2.94. The van der Waals surface area contributed by atoms with Crippen LogP contribution in [0.2, 0.25) is 0 Å². The maximum absolute atomic E-state index is 13.6. The van der Waals surface area contributed by atoms with Gasteiger partial charge in [0.15, 0.2) is 0 Å². The molecule has 0 aliphatic carbocycles. The molecular weight excluding hydrogens is 458 g/mol. The highest BCUT2D eigenvalue weighted by molar-refractivity contribution is 6.01. The first kappa shape index (κ1) is 24.1. The van der Waals surface area contributed by atoms with Crippen molar-refractivity contribution in [1.82, 2.24) is 14.7 Å². The van der Waals surface area contributed by atoms with E-state index < -0.39 is 23.8 Å². The minimum absolute atomic E-state index is 0.0726. The average Bonchev–Trinajstić information content (AvgIpc) is 3.33. The zero-order valence-electron chi connectivity index (χ0n) is 19.2. The molecule has 2 aromatic carbocycles.